The number of unbranched alkanes of at least 4 members (excludes halogenated alkanes) is 1. The molecular weight excluding hydrogens is 1500 g/mol. The summed E-state index contributed by atoms with van der Waals surface area (Å²) in [5.74, 6) is -13.0. The van der Waals surface area contributed by atoms with Gasteiger partial charge in [-0.3, -0.25) is 73.1 Å². The van der Waals surface area contributed by atoms with E-state index in [4.69, 9.17) is 33.8 Å². The number of imidazole rings is 1. The van der Waals surface area contributed by atoms with Crippen LogP contribution in [0.1, 0.15) is 119 Å². The van der Waals surface area contributed by atoms with Crippen molar-refractivity contribution < 1.29 is 67.4 Å². The quantitative estimate of drug-likeness (QED) is 0.0116. The number of para-hydroxylation sites is 1. The molecule has 7 rings (SSSR count). The zero-order valence-corrected chi connectivity index (χ0v) is 65.2. The fourth-order valence-corrected chi connectivity index (χ4v) is 12.9. The third-order valence-corrected chi connectivity index (χ3v) is 19.2. The van der Waals surface area contributed by atoms with Gasteiger partial charge in [-0.1, -0.05) is 125 Å². The first kappa shape index (κ1) is 90.2. The van der Waals surface area contributed by atoms with Crippen molar-refractivity contribution in [3.05, 3.63) is 156 Å². The first-order valence-electron chi connectivity index (χ1n) is 38.7. The lowest BCUT2D eigenvalue weighted by Crippen LogP contribution is -2.61. The molecule has 1 saturated heterocycles. The summed E-state index contributed by atoms with van der Waals surface area (Å²) in [5, 5.41) is 63.9. The second kappa shape index (κ2) is 46.3. The number of nitrogens with zero attached hydrogens (tertiary/aromatic N) is 1. The molecule has 1 aliphatic heterocycles. The number of aromatic amines is 2. The maximum Gasteiger partial charge on any atom is 0.243 e. The molecule has 37 heteroatoms. The van der Waals surface area contributed by atoms with Gasteiger partial charge in [0.25, 0.3) is 0 Å². The standard InChI is InChI=1S/C79H109N23O14/c1-4-5-23-55(96-77(116)66(45(2)3)102-67(106)53(80)35-48-28-30-51(103)31-29-48)70(109)101-63-40-65(105)87-32-15-14-25-56(69(108)93-57(26-16-33-88-78(82)83)71(110)97-59(68(107)91-43-64(81)104)36-46-18-8-6-9-19-46)94-74(113)61(38-49-41-90-54-24-13-12-22-52(49)54)99-72(111)58(27-17-34-89-79(84)85)95-73(112)60(37-47-20-10-7-11-21-47)98-75(114)62(100-76(63)115)39-50-42-86-44-92-50/h6-13,18-22,24,28-31,41-42,44-45,53,55-63,66,90,103H,4-5,14-17,23,25-27,32-40,43,80H2,1-3H3,(H2,81,104)(H,86,92)(H,87,105)(H,91,107)(H,93,108)(H,94,113)(H,95,112)(H,96,116)(H,97,110)(H,98,114)(H,99,111)(H,100,115)(H,101,109)(H,102,106)(H4,82,83,88)(H4,84,85,89)/t53-,55-,56+,57-,58-,59-,60+,61+,62-,63-,66-/m0/s1. The first-order chi connectivity index (χ1) is 55.5. The van der Waals surface area contributed by atoms with Crippen LogP contribution in [-0.2, 0) is 94.4 Å². The molecule has 2 aromatic heterocycles. The summed E-state index contributed by atoms with van der Waals surface area (Å²) in [5.41, 5.74) is 26.2. The van der Waals surface area contributed by atoms with Crippen molar-refractivity contribution in [2.75, 3.05) is 26.2 Å². The molecule has 116 heavy (non-hydrogen) atoms. The molecule has 0 saturated carbocycles. The summed E-state index contributed by atoms with van der Waals surface area (Å²) in [6.07, 6.45) is 3.17. The number of carbonyl (C=O) groups is 13. The van der Waals surface area contributed by atoms with Gasteiger partial charge in [-0.05, 0) is 104 Å². The van der Waals surface area contributed by atoms with Crippen LogP contribution in [0.15, 0.2) is 128 Å². The third-order valence-electron chi connectivity index (χ3n) is 19.2. The van der Waals surface area contributed by atoms with E-state index in [9.17, 15) is 38.7 Å². The van der Waals surface area contributed by atoms with Crippen molar-refractivity contribution >= 4 is 99.6 Å². The molecule has 13 amide bonds. The van der Waals surface area contributed by atoms with Gasteiger partial charge in [0.2, 0.25) is 76.8 Å². The molecule has 0 unspecified atom stereocenters. The molecule has 1 fully saturated rings. The number of benzene rings is 4. The van der Waals surface area contributed by atoms with Crippen LogP contribution in [0.25, 0.3) is 10.9 Å². The van der Waals surface area contributed by atoms with E-state index < -0.39 is 174 Å². The molecule has 27 N–H and O–H groups in total. The van der Waals surface area contributed by atoms with E-state index >= 15 is 28.8 Å². The third kappa shape index (κ3) is 30.2. The summed E-state index contributed by atoms with van der Waals surface area (Å²) in [4.78, 5) is 200. The summed E-state index contributed by atoms with van der Waals surface area (Å²) in [6.45, 7) is 4.46. The molecule has 11 atom stereocenters. The lowest BCUT2D eigenvalue weighted by atomic mass is 10.00. The number of primary amides is 1. The summed E-state index contributed by atoms with van der Waals surface area (Å²) in [6, 6.07) is 13.9. The fraction of sp³-hybridized carbons (Fsp3) is 0.443. The Morgan fingerprint density at radius 1 is 0.569 bits per heavy atom. The molecule has 3 heterocycles. The number of nitrogens with two attached hydrogens (primary N) is 4. The number of carbonyl (C=O) groups excluding carboxylic acids is 13. The van der Waals surface area contributed by atoms with Crippen LogP contribution < -0.4 is 97.4 Å². The minimum absolute atomic E-state index is 0.00495. The van der Waals surface area contributed by atoms with Crippen molar-refractivity contribution in [3.8, 4) is 5.75 Å². The van der Waals surface area contributed by atoms with Gasteiger partial charge in [-0.25, -0.2) is 4.98 Å². The highest BCUT2D eigenvalue weighted by molar-refractivity contribution is 6.01. The summed E-state index contributed by atoms with van der Waals surface area (Å²) in [7, 11) is 0. The number of aromatic nitrogens is 3. The SMILES string of the molecule is CCCC[C@H](NC(=O)[C@@H](NC(=O)[C@@H](N)Cc1ccc(O)cc1)C(C)C)C(=O)N[C@H]1CC(=O)NCCCC[C@H](C(=O)N[C@@H](CCCNC(=N)N)C(=O)N[C@@H](Cc2ccccc2)C(=O)NCC(N)=O)NC(=O)[C@@H](Cc2c[nH]c3ccccc23)NC(=O)[C@H](CCCNC(=N)N)NC(=O)[C@@H](Cc2ccccc2)NC(=O)[C@H](Cc2cnc[nH]2)NC1=O. The Kier molecular flexibility index (Phi) is 36.0. The van der Waals surface area contributed by atoms with E-state index in [1.54, 1.807) is 117 Å². The highest BCUT2D eigenvalue weighted by Crippen LogP contribution is 2.21. The van der Waals surface area contributed by atoms with Crippen LogP contribution in [-0.4, -0.2) is 201 Å². The number of rotatable bonds is 35. The number of fused-ring (bicyclic) bond motifs is 1. The van der Waals surface area contributed by atoms with Gasteiger partial charge in [-0.2, -0.15) is 0 Å². The zero-order valence-electron chi connectivity index (χ0n) is 65.2. The maximum absolute atomic E-state index is 15.5. The maximum atomic E-state index is 15.5. The van der Waals surface area contributed by atoms with Crippen molar-refractivity contribution in [2.24, 2.45) is 28.9 Å². The van der Waals surface area contributed by atoms with Crippen LogP contribution in [0.3, 0.4) is 0 Å². The van der Waals surface area contributed by atoms with Gasteiger partial charge in [0, 0.05) is 74.3 Å². The van der Waals surface area contributed by atoms with E-state index in [-0.39, 0.29) is 109 Å². The number of guanidine groups is 2. The zero-order chi connectivity index (χ0) is 84.2. The van der Waals surface area contributed by atoms with Gasteiger partial charge < -0.3 is 112 Å². The Balaban J connectivity index is 1.28. The Labute approximate surface area is 671 Å². The average molecular weight is 1600 g/mol. The van der Waals surface area contributed by atoms with E-state index in [0.717, 1.165) is 0 Å². The smallest absolute Gasteiger partial charge is 0.243 e. The number of phenols is 1. The Morgan fingerprint density at radius 3 is 1.79 bits per heavy atom. The van der Waals surface area contributed by atoms with Gasteiger partial charge in [0.1, 0.15) is 66.2 Å². The second-order valence-corrected chi connectivity index (χ2v) is 28.8. The number of amides is 13. The highest BCUT2D eigenvalue weighted by atomic mass is 16.3. The van der Waals surface area contributed by atoms with Crippen LogP contribution in [0.2, 0.25) is 0 Å². The molecular formula is C79H109N23O14. The second-order valence-electron chi connectivity index (χ2n) is 28.8. The molecule has 0 spiro atoms. The van der Waals surface area contributed by atoms with E-state index in [2.05, 4.69) is 89.4 Å². The van der Waals surface area contributed by atoms with Crippen LogP contribution in [0.5, 0.6) is 5.75 Å². The lowest BCUT2D eigenvalue weighted by molar-refractivity contribution is -0.137. The van der Waals surface area contributed by atoms with Gasteiger partial charge in [-0.15, -0.1) is 0 Å². The largest absolute Gasteiger partial charge is 0.508 e. The normalized spacial score (nSPS) is 18.7. The number of nitrogens with one attached hydrogen (secondary N) is 18. The molecule has 6 aromatic rings. The Morgan fingerprint density at radius 2 is 1.15 bits per heavy atom. The minimum atomic E-state index is -1.83. The number of H-pyrrole nitrogens is 2. The lowest BCUT2D eigenvalue weighted by Gasteiger charge is -2.29. The van der Waals surface area contributed by atoms with E-state index in [0.29, 0.717) is 51.7 Å². The predicted molar refractivity (Wildman–Crippen MR) is 430 cm³/mol. The number of aromatic hydroxyl groups is 1. The molecule has 1 aliphatic rings. The molecule has 0 aliphatic carbocycles. The Hall–Kier alpha value is -13.0. The number of hydrogen-bond acceptors (Lipinski definition) is 18. The summed E-state index contributed by atoms with van der Waals surface area (Å²) < 4.78 is 0. The molecule has 4 aromatic carbocycles. The van der Waals surface area contributed by atoms with Gasteiger partial charge in [0.15, 0.2) is 11.9 Å². The summed E-state index contributed by atoms with van der Waals surface area (Å²) >= 11 is 0. The van der Waals surface area contributed by atoms with Crippen molar-refractivity contribution in [2.45, 2.75) is 190 Å². The van der Waals surface area contributed by atoms with Crippen LogP contribution >= 0.6 is 0 Å². The van der Waals surface area contributed by atoms with Crippen LogP contribution in [0.4, 0.5) is 0 Å². The van der Waals surface area contributed by atoms with Crippen molar-refractivity contribution in [1.82, 2.24) is 89.4 Å². The number of phenolic OH excluding ortho intramolecular Hbond substituents is 1. The monoisotopic (exact) mass is 1600 g/mol. The predicted octanol–water partition coefficient (Wildman–Crippen LogP) is -2.05. The van der Waals surface area contributed by atoms with Crippen LogP contribution in [0, 0.1) is 16.7 Å². The van der Waals surface area contributed by atoms with Gasteiger partial charge >= 0.3 is 0 Å². The van der Waals surface area contributed by atoms with E-state index in [1.807, 2.05) is 6.92 Å². The van der Waals surface area contributed by atoms with E-state index in [1.165, 1.54) is 24.7 Å². The van der Waals surface area contributed by atoms with Crippen molar-refractivity contribution in [3.63, 3.8) is 0 Å². The minimum Gasteiger partial charge on any atom is -0.508 e. The number of hydrogen-bond donors (Lipinski definition) is 23. The van der Waals surface area contributed by atoms with Gasteiger partial charge in [0.05, 0.1) is 25.3 Å². The first-order valence-corrected chi connectivity index (χ1v) is 38.7. The molecule has 0 bridgehead atoms. The Bertz CT molecular complexity index is 4320. The topological polar surface area (TPSA) is 607 Å². The molecule has 0 radical (unpaired) electrons. The highest BCUT2D eigenvalue weighted by Gasteiger charge is 2.38. The molecule has 37 nitrogen and oxygen atoms in total. The average Bonchev–Trinajstić information content (AvgIpc) is 1.64. The fourth-order valence-electron chi connectivity index (χ4n) is 12.9. The molecule has 624 valence electrons. The van der Waals surface area contributed by atoms with Crippen molar-refractivity contribution in [1.29, 1.82) is 10.8 Å².